The molecule has 5 nitrogen and oxygen atoms in total. The van der Waals surface area contributed by atoms with Gasteiger partial charge in [-0.1, -0.05) is 16.8 Å². The van der Waals surface area contributed by atoms with Crippen molar-refractivity contribution in [3.05, 3.63) is 0 Å². The fourth-order valence-electron chi connectivity index (χ4n) is 1.34. The molecule has 0 aromatic heterocycles. The molecule has 0 radical (unpaired) electrons. The van der Waals surface area contributed by atoms with Crippen LogP contribution in [0, 0.1) is 0 Å². The maximum Gasteiger partial charge on any atom is 0.429 e. The van der Waals surface area contributed by atoms with Gasteiger partial charge in [0.25, 0.3) is 5.91 Å². The molecule has 0 aromatic rings. The van der Waals surface area contributed by atoms with E-state index in [9.17, 15) is 9.59 Å². The van der Waals surface area contributed by atoms with E-state index in [1.165, 1.54) is 0 Å². The van der Waals surface area contributed by atoms with E-state index in [1.54, 1.807) is 4.90 Å². The van der Waals surface area contributed by atoms with Gasteiger partial charge in [0.05, 0.1) is 0 Å². The number of hydrogen-bond acceptors (Lipinski definition) is 4. The molecule has 0 saturated carbocycles. The van der Waals surface area contributed by atoms with Crippen molar-refractivity contribution in [2.24, 2.45) is 5.16 Å². The Balaban J connectivity index is 2.50. The van der Waals surface area contributed by atoms with Crippen LogP contribution in [-0.4, -0.2) is 34.5 Å². The van der Waals surface area contributed by atoms with Crippen LogP contribution in [0.3, 0.4) is 0 Å². The molecular weight excluding hydrogens is 243 g/mol. The van der Waals surface area contributed by atoms with Gasteiger partial charge in [-0.05, 0) is 19.3 Å². The fraction of sp³-hybridized carbons (Fsp3) is 0.625. The lowest BCUT2D eigenvalue weighted by molar-refractivity contribution is -0.124. The Bertz CT molecular complexity index is 288. The molecule has 1 heterocycles. The zero-order valence-electron chi connectivity index (χ0n) is 7.91. The van der Waals surface area contributed by atoms with Gasteiger partial charge in [0.2, 0.25) is 5.17 Å². The summed E-state index contributed by atoms with van der Waals surface area (Å²) >= 11 is 10.4. The van der Waals surface area contributed by atoms with Crippen LogP contribution in [0.25, 0.3) is 0 Å². The van der Waals surface area contributed by atoms with Crippen LogP contribution in [0.5, 0.6) is 0 Å². The van der Waals surface area contributed by atoms with E-state index in [2.05, 4.69) is 9.99 Å². The van der Waals surface area contributed by atoms with E-state index in [-0.39, 0.29) is 5.17 Å². The third-order valence-corrected chi connectivity index (χ3v) is 2.32. The maximum absolute atomic E-state index is 11.5. The van der Waals surface area contributed by atoms with E-state index in [1.807, 2.05) is 0 Å². The highest BCUT2D eigenvalue weighted by molar-refractivity contribution is 6.82. The monoisotopic (exact) mass is 252 g/mol. The number of hydrogen-bond donors (Lipinski definition) is 0. The van der Waals surface area contributed by atoms with Crippen LogP contribution < -0.4 is 0 Å². The first-order valence-electron chi connectivity index (χ1n) is 4.50. The van der Waals surface area contributed by atoms with Gasteiger partial charge in [0, 0.05) is 24.7 Å². The van der Waals surface area contributed by atoms with Crippen molar-refractivity contribution in [1.29, 1.82) is 0 Å². The van der Waals surface area contributed by atoms with Crippen molar-refractivity contribution in [3.8, 4) is 0 Å². The highest BCUT2D eigenvalue weighted by Gasteiger charge is 2.20. The minimum Gasteiger partial charge on any atom is -0.336 e. The predicted octanol–water partition coefficient (Wildman–Crippen LogP) is 1.93. The summed E-state index contributed by atoms with van der Waals surface area (Å²) in [6.07, 6.45) is 3.01. The van der Waals surface area contributed by atoms with E-state index in [0.29, 0.717) is 13.1 Å². The molecule has 0 bridgehead atoms. The summed E-state index contributed by atoms with van der Waals surface area (Å²) in [4.78, 5) is 27.4. The van der Waals surface area contributed by atoms with Crippen molar-refractivity contribution in [2.75, 3.05) is 13.1 Å². The van der Waals surface area contributed by atoms with E-state index in [0.717, 1.165) is 19.3 Å². The number of carbonyl (C=O) groups is 2. The summed E-state index contributed by atoms with van der Waals surface area (Å²) in [7, 11) is 0. The quantitative estimate of drug-likeness (QED) is 0.327. The Morgan fingerprint density at radius 1 is 1.13 bits per heavy atom. The first kappa shape index (κ1) is 12.3. The molecule has 0 spiro atoms. The minimum atomic E-state index is -1.13. The molecule has 1 aliphatic heterocycles. The second-order valence-corrected chi connectivity index (χ2v) is 3.73. The first-order valence-corrected chi connectivity index (χ1v) is 5.26. The van der Waals surface area contributed by atoms with Crippen LogP contribution in [0.2, 0.25) is 0 Å². The second-order valence-electron chi connectivity index (χ2n) is 3.06. The molecule has 1 amide bonds. The lowest BCUT2D eigenvalue weighted by Crippen LogP contribution is -2.38. The molecule has 84 valence electrons. The van der Waals surface area contributed by atoms with Crippen LogP contribution in [0.1, 0.15) is 19.3 Å². The molecule has 0 aliphatic carbocycles. The number of carbonyl (C=O) groups excluding carboxylic acids is 2. The standard InChI is InChI=1S/C8H10Cl2N2O3/c9-6(11-15-8(10)14)7(13)12-4-2-1-3-5-12/h1-5H2. The van der Waals surface area contributed by atoms with Crippen LogP contribution in [0.4, 0.5) is 4.79 Å². The van der Waals surface area contributed by atoms with E-state index < -0.39 is 11.3 Å². The Morgan fingerprint density at radius 2 is 1.73 bits per heavy atom. The van der Waals surface area contributed by atoms with Crippen LogP contribution in [0.15, 0.2) is 5.16 Å². The van der Waals surface area contributed by atoms with Crippen LogP contribution >= 0.6 is 23.2 Å². The number of piperidine rings is 1. The zero-order valence-corrected chi connectivity index (χ0v) is 9.42. The van der Waals surface area contributed by atoms with E-state index >= 15 is 0 Å². The number of amides is 1. The molecule has 1 fully saturated rings. The number of halogens is 2. The zero-order chi connectivity index (χ0) is 11.3. The summed E-state index contributed by atoms with van der Waals surface area (Å²) in [6.45, 7) is 1.30. The number of oxime groups is 1. The van der Waals surface area contributed by atoms with Crippen molar-refractivity contribution < 1.29 is 14.4 Å². The summed E-state index contributed by atoms with van der Waals surface area (Å²) in [6, 6.07) is 0. The molecule has 0 atom stereocenters. The molecular formula is C8H10Cl2N2O3. The van der Waals surface area contributed by atoms with Gasteiger partial charge in [-0.15, -0.1) is 0 Å². The van der Waals surface area contributed by atoms with Gasteiger partial charge in [-0.25, -0.2) is 4.79 Å². The fourth-order valence-corrected chi connectivity index (χ4v) is 1.53. The summed E-state index contributed by atoms with van der Waals surface area (Å²) in [5, 5.41) is 2.72. The van der Waals surface area contributed by atoms with Gasteiger partial charge in [-0.2, -0.15) is 0 Å². The highest BCUT2D eigenvalue weighted by atomic mass is 35.5. The Morgan fingerprint density at radius 3 is 2.27 bits per heavy atom. The Hall–Kier alpha value is -0.810. The van der Waals surface area contributed by atoms with Gasteiger partial charge in [0.15, 0.2) is 0 Å². The molecule has 1 rings (SSSR count). The molecule has 1 saturated heterocycles. The first-order chi connectivity index (χ1) is 7.11. The maximum atomic E-state index is 11.5. The Labute approximate surface area is 96.9 Å². The SMILES string of the molecule is O=C(Cl)ON=C(Cl)C(=O)N1CCCCC1. The summed E-state index contributed by atoms with van der Waals surface area (Å²) in [5.41, 5.74) is -1.13. The van der Waals surface area contributed by atoms with Crippen molar-refractivity contribution in [1.82, 2.24) is 4.90 Å². The lowest BCUT2D eigenvalue weighted by Gasteiger charge is -2.25. The molecule has 1 aliphatic rings. The lowest BCUT2D eigenvalue weighted by atomic mass is 10.1. The minimum absolute atomic E-state index is 0.383. The van der Waals surface area contributed by atoms with Crippen molar-refractivity contribution in [2.45, 2.75) is 19.3 Å². The Kier molecular flexibility index (Phi) is 4.84. The topological polar surface area (TPSA) is 59.0 Å². The average Bonchev–Trinajstić information content (AvgIpc) is 2.26. The number of likely N-dealkylation sites (tertiary alicyclic amines) is 1. The average molecular weight is 253 g/mol. The molecule has 0 unspecified atom stereocenters. The van der Waals surface area contributed by atoms with Gasteiger partial charge < -0.3 is 9.74 Å². The molecule has 0 N–H and O–H groups in total. The van der Waals surface area contributed by atoms with Gasteiger partial charge in [-0.3, -0.25) is 4.79 Å². The number of nitrogens with zero attached hydrogens (tertiary/aromatic N) is 2. The highest BCUT2D eigenvalue weighted by Crippen LogP contribution is 2.10. The molecule has 7 heteroatoms. The normalized spacial score (nSPS) is 17.5. The van der Waals surface area contributed by atoms with Gasteiger partial charge >= 0.3 is 5.43 Å². The second kappa shape index (κ2) is 5.92. The van der Waals surface area contributed by atoms with Crippen LogP contribution in [-0.2, 0) is 9.63 Å². The molecule has 0 aromatic carbocycles. The summed E-state index contributed by atoms with van der Waals surface area (Å²) in [5.74, 6) is -0.436. The van der Waals surface area contributed by atoms with Crippen molar-refractivity contribution in [3.63, 3.8) is 0 Å². The summed E-state index contributed by atoms with van der Waals surface area (Å²) < 4.78 is 0. The van der Waals surface area contributed by atoms with Gasteiger partial charge in [0.1, 0.15) is 0 Å². The smallest absolute Gasteiger partial charge is 0.336 e. The third kappa shape index (κ3) is 4.05. The molecule has 15 heavy (non-hydrogen) atoms. The third-order valence-electron chi connectivity index (χ3n) is 2.02. The van der Waals surface area contributed by atoms with E-state index in [4.69, 9.17) is 23.2 Å². The van der Waals surface area contributed by atoms with Crippen molar-refractivity contribution >= 4 is 39.7 Å². The largest absolute Gasteiger partial charge is 0.429 e. The number of rotatable bonds is 2. The predicted molar refractivity (Wildman–Crippen MR) is 56.1 cm³/mol.